The van der Waals surface area contributed by atoms with Gasteiger partial charge in [0.1, 0.15) is 0 Å². The summed E-state index contributed by atoms with van der Waals surface area (Å²) in [5, 5.41) is 0. The second kappa shape index (κ2) is 5.86. The molecule has 0 atom stereocenters. The molecular weight excluding hydrogens is 262 g/mol. The van der Waals surface area contributed by atoms with Crippen molar-refractivity contribution in [1.82, 2.24) is 0 Å². The first-order valence-corrected chi connectivity index (χ1v) is 7.26. The van der Waals surface area contributed by atoms with E-state index in [0.717, 1.165) is 5.56 Å². The predicted octanol–water partition coefficient (Wildman–Crippen LogP) is 2.63. The molecule has 0 heterocycles. The van der Waals surface area contributed by atoms with Crippen LogP contribution in [-0.4, -0.2) is 15.5 Å². The molecule has 0 unspecified atom stereocenters. The van der Waals surface area contributed by atoms with Gasteiger partial charge in [-0.05, 0) is 18.2 Å². The van der Waals surface area contributed by atoms with E-state index in [1.807, 2.05) is 12.1 Å². The van der Waals surface area contributed by atoms with Crippen molar-refractivity contribution in [3.05, 3.63) is 60.2 Å². The van der Waals surface area contributed by atoms with Crippen molar-refractivity contribution in [2.75, 3.05) is 11.8 Å². The highest BCUT2D eigenvalue weighted by atomic mass is 32.2. The smallest absolute Gasteiger partial charge is 0.261 e. The molecule has 0 saturated heterocycles. The van der Waals surface area contributed by atoms with Crippen LogP contribution in [0.2, 0.25) is 0 Å². The number of benzene rings is 2. The van der Waals surface area contributed by atoms with Gasteiger partial charge >= 0.3 is 0 Å². The van der Waals surface area contributed by atoms with E-state index in [2.05, 4.69) is 4.72 Å². The number of ether oxygens (including phenoxy) is 1. The average molecular weight is 277 g/mol. The molecule has 0 saturated carbocycles. The molecular formula is C14H15NO3S. The SMILES string of the molecule is COCc1ccccc1NS(=O)(=O)c1ccccc1. The fourth-order valence-corrected chi connectivity index (χ4v) is 2.83. The third kappa shape index (κ3) is 3.33. The predicted molar refractivity (Wildman–Crippen MR) is 74.4 cm³/mol. The first-order chi connectivity index (χ1) is 9.13. The van der Waals surface area contributed by atoms with Gasteiger partial charge in [-0.2, -0.15) is 0 Å². The van der Waals surface area contributed by atoms with Crippen molar-refractivity contribution in [1.29, 1.82) is 0 Å². The lowest BCUT2D eigenvalue weighted by Crippen LogP contribution is -2.14. The summed E-state index contributed by atoms with van der Waals surface area (Å²) < 4.78 is 32.0. The van der Waals surface area contributed by atoms with Gasteiger partial charge in [0, 0.05) is 12.7 Å². The van der Waals surface area contributed by atoms with Crippen LogP contribution in [0.1, 0.15) is 5.56 Å². The van der Waals surface area contributed by atoms with Crippen LogP contribution in [0.3, 0.4) is 0 Å². The molecule has 4 nitrogen and oxygen atoms in total. The second-order valence-electron chi connectivity index (χ2n) is 4.01. The van der Waals surface area contributed by atoms with Crippen LogP contribution in [0, 0.1) is 0 Å². The minimum Gasteiger partial charge on any atom is -0.380 e. The summed E-state index contributed by atoms with van der Waals surface area (Å²) in [5.41, 5.74) is 1.33. The minimum absolute atomic E-state index is 0.238. The summed E-state index contributed by atoms with van der Waals surface area (Å²) >= 11 is 0. The Labute approximate surface area is 113 Å². The maximum atomic E-state index is 12.2. The Morgan fingerprint density at radius 3 is 2.32 bits per heavy atom. The second-order valence-corrected chi connectivity index (χ2v) is 5.69. The molecule has 0 aliphatic heterocycles. The normalized spacial score (nSPS) is 11.2. The van der Waals surface area contributed by atoms with Gasteiger partial charge in [-0.25, -0.2) is 8.42 Å². The lowest BCUT2D eigenvalue weighted by molar-refractivity contribution is 0.185. The monoisotopic (exact) mass is 277 g/mol. The van der Waals surface area contributed by atoms with E-state index < -0.39 is 10.0 Å². The van der Waals surface area contributed by atoms with Crippen molar-refractivity contribution in [3.63, 3.8) is 0 Å². The van der Waals surface area contributed by atoms with E-state index >= 15 is 0 Å². The zero-order valence-electron chi connectivity index (χ0n) is 10.5. The maximum absolute atomic E-state index is 12.2. The topological polar surface area (TPSA) is 55.4 Å². The molecule has 19 heavy (non-hydrogen) atoms. The highest BCUT2D eigenvalue weighted by molar-refractivity contribution is 7.92. The van der Waals surface area contributed by atoms with E-state index in [1.165, 1.54) is 0 Å². The van der Waals surface area contributed by atoms with Gasteiger partial charge in [0.2, 0.25) is 0 Å². The highest BCUT2D eigenvalue weighted by Crippen LogP contribution is 2.20. The number of anilines is 1. The Bertz CT molecular complexity index is 639. The molecule has 1 N–H and O–H groups in total. The Balaban J connectivity index is 2.31. The van der Waals surface area contributed by atoms with Crippen LogP contribution in [0.5, 0.6) is 0 Å². The van der Waals surface area contributed by atoms with E-state index in [-0.39, 0.29) is 4.90 Å². The number of rotatable bonds is 5. The molecule has 0 amide bonds. The Kier molecular flexibility index (Phi) is 4.19. The molecule has 2 aromatic rings. The molecule has 0 bridgehead atoms. The quantitative estimate of drug-likeness (QED) is 0.914. The fraction of sp³-hybridized carbons (Fsp3) is 0.143. The zero-order chi connectivity index (χ0) is 13.7. The third-order valence-electron chi connectivity index (χ3n) is 2.62. The number of para-hydroxylation sites is 1. The molecule has 0 fully saturated rings. The lowest BCUT2D eigenvalue weighted by atomic mass is 10.2. The van der Waals surface area contributed by atoms with E-state index in [0.29, 0.717) is 12.3 Å². The third-order valence-corrected chi connectivity index (χ3v) is 4.00. The fourth-order valence-electron chi connectivity index (χ4n) is 1.70. The first-order valence-electron chi connectivity index (χ1n) is 5.78. The molecule has 100 valence electrons. The van der Waals surface area contributed by atoms with Gasteiger partial charge in [-0.1, -0.05) is 36.4 Å². The molecule has 0 aromatic heterocycles. The number of nitrogens with one attached hydrogen (secondary N) is 1. The van der Waals surface area contributed by atoms with Gasteiger partial charge in [-0.15, -0.1) is 0 Å². The molecule has 0 spiro atoms. The van der Waals surface area contributed by atoms with Crippen LogP contribution < -0.4 is 4.72 Å². The van der Waals surface area contributed by atoms with Gasteiger partial charge in [-0.3, -0.25) is 4.72 Å². The summed E-state index contributed by atoms with van der Waals surface area (Å²) in [6.45, 7) is 0.355. The summed E-state index contributed by atoms with van der Waals surface area (Å²) in [5.74, 6) is 0. The van der Waals surface area contributed by atoms with Gasteiger partial charge < -0.3 is 4.74 Å². The number of hydrogen-bond donors (Lipinski definition) is 1. The summed E-state index contributed by atoms with van der Waals surface area (Å²) in [6, 6.07) is 15.4. The average Bonchev–Trinajstić information content (AvgIpc) is 2.42. The molecule has 0 aliphatic carbocycles. The van der Waals surface area contributed by atoms with Crippen LogP contribution >= 0.6 is 0 Å². The van der Waals surface area contributed by atoms with Crippen LogP contribution in [0.25, 0.3) is 0 Å². The molecule has 2 aromatic carbocycles. The van der Waals surface area contributed by atoms with Crippen molar-refractivity contribution in [2.45, 2.75) is 11.5 Å². The van der Waals surface area contributed by atoms with Crippen molar-refractivity contribution < 1.29 is 13.2 Å². The summed E-state index contributed by atoms with van der Waals surface area (Å²) in [6.07, 6.45) is 0. The Morgan fingerprint density at radius 2 is 1.63 bits per heavy atom. The number of sulfonamides is 1. The molecule has 0 aliphatic rings. The molecule has 0 radical (unpaired) electrons. The van der Waals surface area contributed by atoms with Crippen molar-refractivity contribution in [2.24, 2.45) is 0 Å². The van der Waals surface area contributed by atoms with Crippen molar-refractivity contribution in [3.8, 4) is 0 Å². The zero-order valence-corrected chi connectivity index (χ0v) is 11.4. The Morgan fingerprint density at radius 1 is 1.00 bits per heavy atom. The van der Waals surface area contributed by atoms with Crippen LogP contribution in [-0.2, 0) is 21.4 Å². The van der Waals surface area contributed by atoms with E-state index in [1.54, 1.807) is 49.6 Å². The van der Waals surface area contributed by atoms with Crippen LogP contribution in [0.15, 0.2) is 59.5 Å². The standard InChI is InChI=1S/C14H15NO3S/c1-18-11-12-7-5-6-10-14(12)15-19(16,17)13-8-3-2-4-9-13/h2-10,15H,11H2,1H3. The minimum atomic E-state index is -3.56. The van der Waals surface area contributed by atoms with Gasteiger partial charge in [0.25, 0.3) is 10.0 Å². The largest absolute Gasteiger partial charge is 0.380 e. The summed E-state index contributed by atoms with van der Waals surface area (Å²) in [4.78, 5) is 0.238. The highest BCUT2D eigenvalue weighted by Gasteiger charge is 2.14. The number of hydrogen-bond acceptors (Lipinski definition) is 3. The van der Waals surface area contributed by atoms with E-state index in [9.17, 15) is 8.42 Å². The molecule has 5 heteroatoms. The molecule has 2 rings (SSSR count). The first kappa shape index (κ1) is 13.6. The van der Waals surface area contributed by atoms with Gasteiger partial charge in [0.15, 0.2) is 0 Å². The van der Waals surface area contributed by atoms with Crippen molar-refractivity contribution >= 4 is 15.7 Å². The summed E-state index contributed by atoms with van der Waals surface area (Å²) in [7, 11) is -1.99. The van der Waals surface area contributed by atoms with Gasteiger partial charge in [0.05, 0.1) is 17.2 Å². The lowest BCUT2D eigenvalue weighted by Gasteiger charge is -2.12. The van der Waals surface area contributed by atoms with E-state index in [4.69, 9.17) is 4.74 Å². The Hall–Kier alpha value is -1.85. The van der Waals surface area contributed by atoms with Crippen LogP contribution in [0.4, 0.5) is 5.69 Å². The maximum Gasteiger partial charge on any atom is 0.261 e. The number of methoxy groups -OCH3 is 1.